The summed E-state index contributed by atoms with van der Waals surface area (Å²) in [5.41, 5.74) is 17.1. The second kappa shape index (κ2) is 12.2. The molecule has 4 nitrogen and oxygen atoms in total. The largest absolute Gasteiger partial charge is 0.468 e. The summed E-state index contributed by atoms with van der Waals surface area (Å²) in [5.74, 6) is 1.77. The Morgan fingerprint density at radius 3 is 1.72 bits per heavy atom. The molecule has 0 N–H and O–H groups in total. The van der Waals surface area contributed by atoms with Crippen molar-refractivity contribution < 1.29 is 9.15 Å². The molecule has 5 heteroatoms. The third-order valence-corrected chi connectivity index (χ3v) is 13.0. The molecule has 4 heterocycles. The molecule has 290 valence electrons. The Labute approximate surface area is 344 Å². The van der Waals surface area contributed by atoms with E-state index in [1.165, 1.54) is 38.9 Å². The van der Waals surface area contributed by atoms with Crippen LogP contribution in [0.3, 0.4) is 0 Å². The van der Waals surface area contributed by atoms with E-state index >= 15 is 0 Å². The fourth-order valence-corrected chi connectivity index (χ4v) is 9.63. The lowest BCUT2D eigenvalue weighted by Crippen LogP contribution is -2.61. The van der Waals surface area contributed by atoms with Gasteiger partial charge in [0.2, 0.25) is 0 Å². The zero-order valence-corrected chi connectivity index (χ0v) is 35.8. The first-order valence-electron chi connectivity index (χ1n) is 20.9. The number of para-hydroxylation sites is 1. The van der Waals surface area contributed by atoms with Crippen LogP contribution in [0.4, 0.5) is 34.1 Å². The van der Waals surface area contributed by atoms with Gasteiger partial charge in [0.05, 0.1) is 16.7 Å². The lowest BCUT2D eigenvalue weighted by atomic mass is 9.35. The Balaban J connectivity index is 1.30. The maximum Gasteiger partial charge on any atom is 0.297 e. The highest BCUT2D eigenvalue weighted by atomic mass is 16.5. The van der Waals surface area contributed by atoms with Crippen LogP contribution in [0.25, 0.3) is 11.0 Å². The van der Waals surface area contributed by atoms with Crippen molar-refractivity contribution in [3.05, 3.63) is 149 Å². The first-order valence-corrected chi connectivity index (χ1v) is 20.9. The minimum absolute atomic E-state index is 0.0222. The lowest BCUT2D eigenvalue weighted by Gasteiger charge is -2.43. The van der Waals surface area contributed by atoms with Crippen LogP contribution in [0.15, 0.2) is 126 Å². The van der Waals surface area contributed by atoms with Gasteiger partial charge in [-0.05, 0) is 98.5 Å². The second-order valence-corrected chi connectivity index (χ2v) is 20.3. The molecule has 0 atom stereocenters. The molecule has 0 aliphatic carbocycles. The number of nitrogens with zero attached hydrogens (tertiary/aromatic N) is 2. The van der Waals surface area contributed by atoms with Crippen LogP contribution < -0.4 is 31.1 Å². The van der Waals surface area contributed by atoms with E-state index in [0.29, 0.717) is 0 Å². The molecule has 0 fully saturated rings. The van der Waals surface area contributed by atoms with Gasteiger partial charge < -0.3 is 19.0 Å². The van der Waals surface area contributed by atoms with Gasteiger partial charge in [-0.25, -0.2) is 0 Å². The van der Waals surface area contributed by atoms with Crippen molar-refractivity contribution in [1.82, 2.24) is 0 Å². The van der Waals surface area contributed by atoms with Crippen molar-refractivity contribution in [2.45, 2.75) is 97.8 Å². The summed E-state index contributed by atoms with van der Waals surface area (Å²) < 4.78 is 14.4. The Morgan fingerprint density at radius 2 is 1.10 bits per heavy atom. The molecular weight excluding hydrogens is 707 g/mol. The van der Waals surface area contributed by atoms with Gasteiger partial charge in [-0.3, -0.25) is 0 Å². The Morgan fingerprint density at radius 1 is 0.534 bits per heavy atom. The highest BCUT2D eigenvalue weighted by molar-refractivity contribution is 7.00. The molecule has 10 rings (SSSR count). The van der Waals surface area contributed by atoms with Crippen LogP contribution in [0, 0.1) is 0 Å². The average Bonchev–Trinajstić information content (AvgIpc) is 3.56. The summed E-state index contributed by atoms with van der Waals surface area (Å²) in [6.45, 7) is 25.0. The van der Waals surface area contributed by atoms with Gasteiger partial charge in [0.1, 0.15) is 17.1 Å². The van der Waals surface area contributed by atoms with Gasteiger partial charge in [0.15, 0.2) is 0 Å². The SMILES string of the molecule is CC(C)(C)c1ccc(N2c3ccc(C(C)(C)C)cc3B3c4oc5ccc6c(c5c4N(c4ccc(C(C)(C)C)cc4)c4cccc2c43)Oc2ccccc2C6(C)C)cc1. The van der Waals surface area contributed by atoms with Crippen LogP contribution in [-0.2, 0) is 21.7 Å². The number of hydrogen-bond donors (Lipinski definition) is 0. The number of rotatable bonds is 2. The van der Waals surface area contributed by atoms with E-state index in [-0.39, 0.29) is 28.4 Å². The molecule has 0 unspecified atom stereocenters. The third-order valence-electron chi connectivity index (χ3n) is 13.0. The zero-order valence-electron chi connectivity index (χ0n) is 35.8. The van der Waals surface area contributed by atoms with Crippen LogP contribution in [-0.4, -0.2) is 6.71 Å². The standard InChI is InChI=1S/C53H53BN2O2/c1-50(2,3)32-19-24-35(25-20-32)55-40-29-23-34(52(7,8)9)31-39(40)54-46-41(55)16-14-17-42(46)56(36-26-21-33(22-27-36)51(4,5)6)47-45-44(58-49(47)54)30-28-38-48(45)57-43-18-13-12-15-37(43)53(38,10)11/h12-31H,1-11H3. The molecule has 3 aliphatic rings. The van der Waals surface area contributed by atoms with Gasteiger partial charge >= 0.3 is 0 Å². The summed E-state index contributed by atoms with van der Waals surface area (Å²) >= 11 is 0. The lowest BCUT2D eigenvalue weighted by molar-refractivity contribution is 0.422. The van der Waals surface area contributed by atoms with Crippen LogP contribution in [0.2, 0.25) is 0 Å². The van der Waals surface area contributed by atoms with Gasteiger partial charge in [0, 0.05) is 45.0 Å². The molecule has 6 aromatic carbocycles. The van der Waals surface area contributed by atoms with Crippen molar-refractivity contribution in [3.8, 4) is 11.5 Å². The zero-order chi connectivity index (χ0) is 40.7. The number of hydrogen-bond acceptors (Lipinski definition) is 4. The molecule has 3 aliphatic heterocycles. The first-order chi connectivity index (χ1) is 27.4. The van der Waals surface area contributed by atoms with Crippen LogP contribution >= 0.6 is 0 Å². The van der Waals surface area contributed by atoms with Gasteiger partial charge in [-0.1, -0.05) is 143 Å². The van der Waals surface area contributed by atoms with Gasteiger partial charge in [0.25, 0.3) is 6.71 Å². The van der Waals surface area contributed by atoms with Crippen molar-refractivity contribution in [3.63, 3.8) is 0 Å². The van der Waals surface area contributed by atoms with Crippen molar-refractivity contribution >= 4 is 68.4 Å². The van der Waals surface area contributed by atoms with E-state index in [1.54, 1.807) is 0 Å². The molecule has 0 radical (unpaired) electrons. The summed E-state index contributed by atoms with van der Waals surface area (Å²) in [5, 5.41) is 1.01. The monoisotopic (exact) mass is 760 g/mol. The fourth-order valence-electron chi connectivity index (χ4n) is 9.63. The molecule has 0 saturated carbocycles. The van der Waals surface area contributed by atoms with Crippen LogP contribution in [0.1, 0.15) is 104 Å². The number of ether oxygens (including phenoxy) is 1. The van der Waals surface area contributed by atoms with E-state index in [4.69, 9.17) is 9.15 Å². The number of furan rings is 1. The Hall–Kier alpha value is -5.68. The van der Waals surface area contributed by atoms with Crippen LogP contribution in [0.5, 0.6) is 11.5 Å². The van der Waals surface area contributed by atoms with Gasteiger partial charge in [-0.15, -0.1) is 0 Å². The van der Waals surface area contributed by atoms with Crippen molar-refractivity contribution in [2.75, 3.05) is 9.80 Å². The highest BCUT2D eigenvalue weighted by Gasteiger charge is 2.48. The molecule has 0 amide bonds. The summed E-state index contributed by atoms with van der Waals surface area (Å²) in [4.78, 5) is 4.93. The molecule has 0 saturated heterocycles. The molecule has 0 spiro atoms. The molecule has 0 bridgehead atoms. The Kier molecular flexibility index (Phi) is 7.69. The van der Waals surface area contributed by atoms with E-state index in [9.17, 15) is 0 Å². The minimum Gasteiger partial charge on any atom is -0.468 e. The van der Waals surface area contributed by atoms with E-state index in [1.807, 2.05) is 0 Å². The quantitative estimate of drug-likeness (QED) is 0.164. The summed E-state index contributed by atoms with van der Waals surface area (Å²) in [6.07, 6.45) is 0. The summed E-state index contributed by atoms with van der Waals surface area (Å²) in [7, 11) is 0. The molecular formula is C53H53BN2O2. The smallest absolute Gasteiger partial charge is 0.297 e. The fraction of sp³-hybridized carbons (Fsp3) is 0.283. The predicted molar refractivity (Wildman–Crippen MR) is 245 cm³/mol. The molecule has 7 aromatic rings. The van der Waals surface area contributed by atoms with E-state index in [2.05, 4.69) is 207 Å². The minimum atomic E-state index is -0.274. The molecule has 1 aromatic heterocycles. The number of benzene rings is 6. The van der Waals surface area contributed by atoms with E-state index < -0.39 is 0 Å². The topological polar surface area (TPSA) is 28.9 Å². The average molecular weight is 761 g/mol. The normalized spacial score (nSPS) is 15.3. The number of fused-ring (bicyclic) bond motifs is 9. The third kappa shape index (κ3) is 5.35. The second-order valence-electron chi connectivity index (χ2n) is 20.3. The number of anilines is 6. The summed E-state index contributed by atoms with van der Waals surface area (Å²) in [6, 6.07) is 45.1. The Bertz CT molecular complexity index is 2790. The maximum atomic E-state index is 7.33. The van der Waals surface area contributed by atoms with Crippen molar-refractivity contribution in [2.24, 2.45) is 0 Å². The highest BCUT2D eigenvalue weighted by Crippen LogP contribution is 2.55. The maximum absolute atomic E-state index is 7.33. The van der Waals surface area contributed by atoms with Gasteiger partial charge in [-0.2, -0.15) is 0 Å². The van der Waals surface area contributed by atoms with Crippen molar-refractivity contribution in [1.29, 1.82) is 0 Å². The molecule has 58 heavy (non-hydrogen) atoms. The first kappa shape index (κ1) is 36.7. The predicted octanol–water partition coefficient (Wildman–Crippen LogP) is 12.8. The van der Waals surface area contributed by atoms with E-state index in [0.717, 1.165) is 62.1 Å².